The Kier molecular flexibility index (Phi) is 11.5. The monoisotopic (exact) mass is 623 g/mol. The summed E-state index contributed by atoms with van der Waals surface area (Å²) in [5, 5.41) is 3.32. The normalized spacial score (nSPS) is 13.4. The molecule has 15 nitrogen and oxygen atoms in total. The Morgan fingerprint density at radius 1 is 1.00 bits per heavy atom. The van der Waals surface area contributed by atoms with Crippen molar-refractivity contribution in [2.75, 3.05) is 55.6 Å². The summed E-state index contributed by atoms with van der Waals surface area (Å²) >= 11 is 0. The van der Waals surface area contributed by atoms with Crippen molar-refractivity contribution in [2.24, 2.45) is 0 Å². The molecule has 0 aliphatic carbocycles. The van der Waals surface area contributed by atoms with Crippen LogP contribution in [-0.4, -0.2) is 96.3 Å². The molecular weight excluding hydrogens is 590 g/mol. The predicted molar refractivity (Wildman–Crippen MR) is 158 cm³/mol. The van der Waals surface area contributed by atoms with Crippen LogP contribution in [0.4, 0.5) is 17.5 Å². The molecule has 0 spiro atoms. The molecule has 0 atom stereocenters. The average molecular weight is 624 g/mol. The van der Waals surface area contributed by atoms with Gasteiger partial charge in [0.05, 0.1) is 32.3 Å². The van der Waals surface area contributed by atoms with E-state index in [9.17, 15) is 16.8 Å². The van der Waals surface area contributed by atoms with Gasteiger partial charge in [0.25, 0.3) is 20.2 Å². The third-order valence-electron chi connectivity index (χ3n) is 5.22. The van der Waals surface area contributed by atoms with E-state index in [2.05, 4.69) is 49.2 Å². The van der Waals surface area contributed by atoms with Crippen molar-refractivity contribution < 1.29 is 35.4 Å². The molecule has 4 aromatic rings. The van der Waals surface area contributed by atoms with Crippen LogP contribution < -0.4 is 15.0 Å². The van der Waals surface area contributed by atoms with Gasteiger partial charge >= 0.3 is 6.01 Å². The molecule has 1 fully saturated rings. The third-order valence-corrected chi connectivity index (χ3v) is 5.22. The van der Waals surface area contributed by atoms with Crippen molar-refractivity contribution >= 4 is 48.9 Å². The summed E-state index contributed by atoms with van der Waals surface area (Å²) in [5.74, 6) is 1.39. The number of anilines is 3. The number of nitrogens with one attached hydrogen (secondary N) is 2. The highest BCUT2D eigenvalue weighted by Crippen LogP contribution is 2.27. The number of aromatic nitrogens is 5. The van der Waals surface area contributed by atoms with Crippen molar-refractivity contribution in [3.63, 3.8) is 0 Å². The van der Waals surface area contributed by atoms with Crippen LogP contribution in [0.1, 0.15) is 11.3 Å². The summed E-state index contributed by atoms with van der Waals surface area (Å²) in [5.41, 5.74) is 4.43. The maximum atomic E-state index is 9.19. The average Bonchev–Trinajstić information content (AvgIpc) is 3.30. The standard InChI is InChI=1S/C23H25N7O2.2CH4O3S/c1-16-5-4-7-18(15-16)25-22-26-19-20(27-22)28-23(29-21(19)30-10-13-31-14-11-30)32-12-8-17-6-2-3-9-24-17;2*1-5(2,3)4/h2-7,9,15H,8,10-14H2,1H3,(H2,25,26,27,28,29);2*1H3,(H,2,3,4). The lowest BCUT2D eigenvalue weighted by molar-refractivity contribution is 0.122. The van der Waals surface area contributed by atoms with Gasteiger partial charge in [0.2, 0.25) is 5.95 Å². The Balaban J connectivity index is 0.000000420. The lowest BCUT2D eigenvalue weighted by Gasteiger charge is -2.28. The van der Waals surface area contributed by atoms with Gasteiger partial charge in [-0.2, -0.15) is 31.8 Å². The number of morpholine rings is 1. The highest BCUT2D eigenvalue weighted by molar-refractivity contribution is 7.85. The fraction of sp³-hybridized carbons (Fsp3) is 0.360. The van der Waals surface area contributed by atoms with E-state index in [1.165, 1.54) is 5.56 Å². The smallest absolute Gasteiger partial charge is 0.320 e. The molecule has 0 saturated carbocycles. The minimum Gasteiger partial charge on any atom is -0.463 e. The number of pyridine rings is 1. The van der Waals surface area contributed by atoms with Crippen LogP contribution in [-0.2, 0) is 31.4 Å². The fourth-order valence-electron chi connectivity index (χ4n) is 3.64. The maximum absolute atomic E-state index is 9.19. The first-order chi connectivity index (χ1) is 19.7. The Bertz CT molecular complexity index is 1610. The van der Waals surface area contributed by atoms with Crippen molar-refractivity contribution in [1.82, 2.24) is 24.9 Å². The number of rotatable bonds is 7. The topological polar surface area (TPSA) is 210 Å². The summed E-state index contributed by atoms with van der Waals surface area (Å²) in [6.07, 6.45) is 3.89. The van der Waals surface area contributed by atoms with Gasteiger partial charge in [0, 0.05) is 37.1 Å². The molecule has 1 aliphatic rings. The number of H-pyrrole nitrogens is 1. The number of imidazole rings is 1. The van der Waals surface area contributed by atoms with Crippen LogP contribution in [0.2, 0.25) is 0 Å². The molecule has 228 valence electrons. The Morgan fingerprint density at radius 2 is 1.69 bits per heavy atom. The molecule has 0 radical (unpaired) electrons. The van der Waals surface area contributed by atoms with Crippen LogP contribution in [0.15, 0.2) is 48.7 Å². The predicted octanol–water partition coefficient (Wildman–Crippen LogP) is 2.27. The van der Waals surface area contributed by atoms with Gasteiger partial charge in [-0.25, -0.2) is 0 Å². The Labute approximate surface area is 243 Å². The van der Waals surface area contributed by atoms with Gasteiger partial charge in [-0.1, -0.05) is 18.2 Å². The maximum Gasteiger partial charge on any atom is 0.320 e. The van der Waals surface area contributed by atoms with E-state index in [0.29, 0.717) is 56.4 Å². The largest absolute Gasteiger partial charge is 0.463 e. The van der Waals surface area contributed by atoms with Crippen molar-refractivity contribution in [3.05, 3.63) is 59.9 Å². The molecule has 4 heterocycles. The first-order valence-electron chi connectivity index (χ1n) is 12.6. The van der Waals surface area contributed by atoms with Crippen LogP contribution in [0.5, 0.6) is 6.01 Å². The number of hydrogen-bond donors (Lipinski definition) is 4. The van der Waals surface area contributed by atoms with E-state index in [1.807, 2.05) is 30.3 Å². The second-order valence-electron chi connectivity index (χ2n) is 9.09. The van der Waals surface area contributed by atoms with Gasteiger partial charge in [0.15, 0.2) is 11.5 Å². The molecule has 0 bridgehead atoms. The number of hydrogen-bond acceptors (Lipinski definition) is 12. The molecule has 5 rings (SSSR count). The van der Waals surface area contributed by atoms with Gasteiger partial charge in [-0.3, -0.25) is 14.1 Å². The van der Waals surface area contributed by atoms with Gasteiger partial charge in [-0.05, 0) is 36.8 Å². The van der Waals surface area contributed by atoms with E-state index >= 15 is 0 Å². The molecule has 1 saturated heterocycles. The van der Waals surface area contributed by atoms with Gasteiger partial charge in [0.1, 0.15) is 5.52 Å². The zero-order valence-electron chi connectivity index (χ0n) is 23.3. The molecule has 17 heteroatoms. The molecule has 42 heavy (non-hydrogen) atoms. The van der Waals surface area contributed by atoms with Gasteiger partial charge in [-0.15, -0.1) is 0 Å². The zero-order valence-corrected chi connectivity index (χ0v) is 24.9. The summed E-state index contributed by atoms with van der Waals surface area (Å²) < 4.78 is 63.1. The fourth-order valence-corrected chi connectivity index (χ4v) is 3.64. The molecule has 0 amide bonds. The second kappa shape index (κ2) is 14.8. The molecular formula is C25H33N7O8S2. The van der Waals surface area contributed by atoms with Gasteiger partial charge < -0.3 is 24.7 Å². The van der Waals surface area contributed by atoms with E-state index in [4.69, 9.17) is 23.6 Å². The number of fused-ring (bicyclic) bond motifs is 1. The first kappa shape index (κ1) is 32.6. The van der Waals surface area contributed by atoms with Crippen LogP contribution in [0.3, 0.4) is 0 Å². The van der Waals surface area contributed by atoms with Crippen LogP contribution >= 0.6 is 0 Å². The van der Waals surface area contributed by atoms with E-state index in [-0.39, 0.29) is 0 Å². The van der Waals surface area contributed by atoms with E-state index in [0.717, 1.165) is 35.8 Å². The molecule has 1 aromatic carbocycles. The minimum absolute atomic E-state index is 0.309. The third kappa shape index (κ3) is 12.3. The second-order valence-corrected chi connectivity index (χ2v) is 12.0. The lowest BCUT2D eigenvalue weighted by Crippen LogP contribution is -2.37. The number of aromatic amines is 1. The molecule has 4 N–H and O–H groups in total. The molecule has 1 aliphatic heterocycles. The molecule has 0 unspecified atom stereocenters. The lowest BCUT2D eigenvalue weighted by atomic mass is 10.2. The summed E-state index contributed by atoms with van der Waals surface area (Å²) in [6, 6.07) is 14.3. The van der Waals surface area contributed by atoms with Crippen LogP contribution in [0, 0.1) is 6.92 Å². The number of benzene rings is 1. The zero-order chi connectivity index (χ0) is 30.8. The Hall–Kier alpha value is -3.90. The number of nitrogens with zero attached hydrogens (tertiary/aromatic N) is 5. The summed E-state index contributed by atoms with van der Waals surface area (Å²) in [7, 11) is -7.33. The first-order valence-corrected chi connectivity index (χ1v) is 16.3. The van der Waals surface area contributed by atoms with Crippen molar-refractivity contribution in [2.45, 2.75) is 13.3 Å². The quantitative estimate of drug-likeness (QED) is 0.218. The van der Waals surface area contributed by atoms with E-state index < -0.39 is 20.2 Å². The highest BCUT2D eigenvalue weighted by atomic mass is 32.2. The van der Waals surface area contributed by atoms with Crippen molar-refractivity contribution in [1.29, 1.82) is 0 Å². The summed E-state index contributed by atoms with van der Waals surface area (Å²) in [6.45, 7) is 5.30. The SMILES string of the molecule is CS(=O)(=O)O.CS(=O)(=O)O.Cc1cccc(Nc2nc3nc(OCCc4ccccn4)nc(N4CCOCC4)c3[nH]2)c1. The Morgan fingerprint density at radius 3 is 2.31 bits per heavy atom. The highest BCUT2D eigenvalue weighted by Gasteiger charge is 2.21. The van der Waals surface area contributed by atoms with E-state index in [1.54, 1.807) is 6.20 Å². The van der Waals surface area contributed by atoms with Crippen LogP contribution in [0.25, 0.3) is 11.2 Å². The van der Waals surface area contributed by atoms with Crippen molar-refractivity contribution in [3.8, 4) is 6.01 Å². The molecule has 3 aromatic heterocycles. The minimum atomic E-state index is -3.67. The summed E-state index contributed by atoms with van der Waals surface area (Å²) in [4.78, 5) is 23.8. The number of ether oxygens (including phenoxy) is 2. The number of aryl methyl sites for hydroxylation is 1.